The van der Waals surface area contributed by atoms with Crippen LogP contribution in [0.25, 0.3) is 28.1 Å². The van der Waals surface area contributed by atoms with Crippen molar-refractivity contribution in [1.82, 2.24) is 24.7 Å². The molecule has 0 fully saturated rings. The molecule has 30 heavy (non-hydrogen) atoms. The number of para-hydroxylation sites is 3. The maximum Gasteiger partial charge on any atom is 0.196 e. The van der Waals surface area contributed by atoms with Crippen LogP contribution in [0.3, 0.4) is 0 Å². The van der Waals surface area contributed by atoms with Crippen LogP contribution in [-0.4, -0.2) is 31.8 Å². The quantitative estimate of drug-likeness (QED) is 0.392. The predicted octanol–water partition coefficient (Wildman–Crippen LogP) is 5.11. The van der Waals surface area contributed by atoms with E-state index >= 15 is 0 Å². The molecular weight excluding hydrogens is 394 g/mol. The molecule has 2 aromatic heterocycles. The van der Waals surface area contributed by atoms with Gasteiger partial charge in [-0.15, -0.1) is 10.2 Å². The Bertz CT molecular complexity index is 1260. The van der Waals surface area contributed by atoms with E-state index in [4.69, 9.17) is 4.74 Å². The molecule has 0 unspecified atom stereocenters. The van der Waals surface area contributed by atoms with E-state index in [2.05, 4.69) is 36.9 Å². The fraction of sp³-hybridized carbons (Fsp3) is 0.0870. The summed E-state index contributed by atoms with van der Waals surface area (Å²) < 4.78 is 7.46. The van der Waals surface area contributed by atoms with Crippen molar-refractivity contribution in [1.29, 1.82) is 0 Å². The number of hydrogen-bond acceptors (Lipinski definition) is 5. The molecule has 0 bridgehead atoms. The number of rotatable bonds is 6. The number of methoxy groups -OCH3 is 1. The molecule has 0 aliphatic heterocycles. The summed E-state index contributed by atoms with van der Waals surface area (Å²) in [4.78, 5) is 8.04. The van der Waals surface area contributed by atoms with Gasteiger partial charge in [0, 0.05) is 11.3 Å². The number of aromatic nitrogens is 5. The van der Waals surface area contributed by atoms with E-state index in [0.717, 1.165) is 44.8 Å². The van der Waals surface area contributed by atoms with Crippen molar-refractivity contribution in [3.63, 3.8) is 0 Å². The summed E-state index contributed by atoms with van der Waals surface area (Å²) >= 11 is 1.60. The lowest BCUT2D eigenvalue weighted by Crippen LogP contribution is -2.00. The van der Waals surface area contributed by atoms with Crippen LogP contribution in [0.15, 0.2) is 84.0 Å². The molecule has 148 valence electrons. The van der Waals surface area contributed by atoms with Crippen LogP contribution in [0.1, 0.15) is 5.82 Å². The van der Waals surface area contributed by atoms with Crippen LogP contribution in [0, 0.1) is 0 Å². The average Bonchev–Trinajstić information content (AvgIpc) is 3.42. The fourth-order valence-corrected chi connectivity index (χ4v) is 4.15. The molecule has 3 aromatic carbocycles. The van der Waals surface area contributed by atoms with Gasteiger partial charge in [-0.05, 0) is 36.4 Å². The van der Waals surface area contributed by atoms with Crippen molar-refractivity contribution in [2.24, 2.45) is 0 Å². The molecule has 5 aromatic rings. The number of imidazole rings is 1. The second-order valence-corrected chi connectivity index (χ2v) is 7.64. The topological polar surface area (TPSA) is 68.6 Å². The number of thioether (sulfide) groups is 1. The molecule has 0 amide bonds. The zero-order valence-corrected chi connectivity index (χ0v) is 17.1. The standard InChI is InChI=1S/C23H19N5OS/c1-29-18-11-7-8-16(14-18)22-26-27-23(28(22)17-9-3-2-4-10-17)30-15-21-24-19-12-5-6-13-20(19)25-21/h2-14H,15H2,1H3,(H,24,25). The van der Waals surface area contributed by atoms with Gasteiger partial charge in [-0.25, -0.2) is 4.98 Å². The lowest BCUT2D eigenvalue weighted by molar-refractivity contribution is 0.415. The first-order chi connectivity index (χ1) is 14.8. The molecule has 0 saturated heterocycles. The first-order valence-electron chi connectivity index (χ1n) is 9.53. The third-order valence-corrected chi connectivity index (χ3v) is 5.69. The van der Waals surface area contributed by atoms with Crippen LogP contribution in [0.4, 0.5) is 0 Å². The second kappa shape index (κ2) is 8.04. The highest BCUT2D eigenvalue weighted by Gasteiger charge is 2.17. The largest absolute Gasteiger partial charge is 0.497 e. The number of nitrogens with one attached hydrogen (secondary N) is 1. The van der Waals surface area contributed by atoms with E-state index < -0.39 is 0 Å². The molecular formula is C23H19N5OS. The van der Waals surface area contributed by atoms with Gasteiger partial charge in [-0.3, -0.25) is 4.57 Å². The van der Waals surface area contributed by atoms with Gasteiger partial charge >= 0.3 is 0 Å². The molecule has 6 nitrogen and oxygen atoms in total. The van der Waals surface area contributed by atoms with Gasteiger partial charge in [0.1, 0.15) is 11.6 Å². The number of fused-ring (bicyclic) bond motifs is 1. The lowest BCUT2D eigenvalue weighted by Gasteiger charge is -2.10. The Kier molecular flexibility index (Phi) is 4.94. The lowest BCUT2D eigenvalue weighted by atomic mass is 10.2. The molecule has 1 N–H and O–H groups in total. The van der Waals surface area contributed by atoms with Gasteiger partial charge in [0.2, 0.25) is 0 Å². The average molecular weight is 414 g/mol. The Balaban J connectivity index is 1.52. The Morgan fingerprint density at radius 2 is 1.77 bits per heavy atom. The van der Waals surface area contributed by atoms with E-state index in [9.17, 15) is 0 Å². The monoisotopic (exact) mass is 413 g/mol. The number of nitrogens with zero attached hydrogens (tertiary/aromatic N) is 4. The van der Waals surface area contributed by atoms with Gasteiger partial charge in [-0.1, -0.05) is 54.2 Å². The van der Waals surface area contributed by atoms with Crippen LogP contribution in [-0.2, 0) is 5.75 Å². The van der Waals surface area contributed by atoms with Crippen molar-refractivity contribution < 1.29 is 4.74 Å². The number of benzene rings is 3. The molecule has 7 heteroatoms. The number of aromatic amines is 1. The summed E-state index contributed by atoms with van der Waals surface area (Å²) in [6.45, 7) is 0. The number of hydrogen-bond donors (Lipinski definition) is 1. The minimum Gasteiger partial charge on any atom is -0.497 e. The van der Waals surface area contributed by atoms with E-state index in [0.29, 0.717) is 5.75 Å². The van der Waals surface area contributed by atoms with E-state index in [1.807, 2.05) is 66.7 Å². The summed E-state index contributed by atoms with van der Waals surface area (Å²) in [6, 6.07) is 26.0. The summed E-state index contributed by atoms with van der Waals surface area (Å²) in [5.41, 5.74) is 3.96. The second-order valence-electron chi connectivity index (χ2n) is 6.70. The first-order valence-corrected chi connectivity index (χ1v) is 10.5. The smallest absolute Gasteiger partial charge is 0.196 e. The number of H-pyrrole nitrogens is 1. The zero-order chi connectivity index (χ0) is 20.3. The number of ether oxygens (including phenoxy) is 1. The highest BCUT2D eigenvalue weighted by Crippen LogP contribution is 2.31. The van der Waals surface area contributed by atoms with Crippen molar-refractivity contribution in [2.45, 2.75) is 10.9 Å². The molecule has 0 aliphatic rings. The predicted molar refractivity (Wildman–Crippen MR) is 119 cm³/mol. The summed E-state index contributed by atoms with van der Waals surface area (Å²) in [5, 5.41) is 9.79. The third-order valence-electron chi connectivity index (χ3n) is 4.75. The molecule has 0 radical (unpaired) electrons. The first kappa shape index (κ1) is 18.4. The maximum absolute atomic E-state index is 5.39. The molecule has 0 atom stereocenters. The third kappa shape index (κ3) is 3.55. The normalized spacial score (nSPS) is 11.1. The van der Waals surface area contributed by atoms with Crippen molar-refractivity contribution in [3.8, 4) is 22.8 Å². The molecule has 2 heterocycles. The molecule has 0 spiro atoms. The minimum absolute atomic E-state index is 0.664. The Morgan fingerprint density at radius 1 is 0.933 bits per heavy atom. The highest BCUT2D eigenvalue weighted by molar-refractivity contribution is 7.98. The fourth-order valence-electron chi connectivity index (χ4n) is 3.33. The van der Waals surface area contributed by atoms with Gasteiger partial charge in [-0.2, -0.15) is 0 Å². The zero-order valence-electron chi connectivity index (χ0n) is 16.3. The summed E-state index contributed by atoms with van der Waals surface area (Å²) in [6.07, 6.45) is 0. The van der Waals surface area contributed by atoms with E-state index in [1.54, 1.807) is 18.9 Å². The Morgan fingerprint density at radius 3 is 2.60 bits per heavy atom. The van der Waals surface area contributed by atoms with Crippen LogP contribution in [0.2, 0.25) is 0 Å². The molecule has 0 saturated carbocycles. The maximum atomic E-state index is 5.39. The van der Waals surface area contributed by atoms with Gasteiger partial charge in [0.25, 0.3) is 0 Å². The van der Waals surface area contributed by atoms with Crippen molar-refractivity contribution in [2.75, 3.05) is 7.11 Å². The Hall–Kier alpha value is -3.58. The van der Waals surface area contributed by atoms with E-state index in [-0.39, 0.29) is 0 Å². The van der Waals surface area contributed by atoms with Gasteiger partial charge < -0.3 is 9.72 Å². The SMILES string of the molecule is COc1cccc(-c2nnc(SCc3nc4ccccc4[nH]3)n2-c2ccccc2)c1. The van der Waals surface area contributed by atoms with Gasteiger partial charge in [0.05, 0.1) is 23.9 Å². The summed E-state index contributed by atoms with van der Waals surface area (Å²) in [7, 11) is 1.66. The van der Waals surface area contributed by atoms with Crippen LogP contribution >= 0.6 is 11.8 Å². The minimum atomic E-state index is 0.664. The van der Waals surface area contributed by atoms with Crippen LogP contribution in [0.5, 0.6) is 5.75 Å². The summed E-state index contributed by atoms with van der Waals surface area (Å²) in [5.74, 6) is 3.13. The van der Waals surface area contributed by atoms with Gasteiger partial charge in [0.15, 0.2) is 11.0 Å². The van der Waals surface area contributed by atoms with Crippen molar-refractivity contribution in [3.05, 3.63) is 84.7 Å². The van der Waals surface area contributed by atoms with Crippen LogP contribution < -0.4 is 4.74 Å². The van der Waals surface area contributed by atoms with Crippen molar-refractivity contribution >= 4 is 22.8 Å². The van der Waals surface area contributed by atoms with E-state index in [1.165, 1.54) is 0 Å². The highest BCUT2D eigenvalue weighted by atomic mass is 32.2. The molecule has 0 aliphatic carbocycles. The molecule has 5 rings (SSSR count). The Labute approximate surface area is 178 Å².